The predicted molar refractivity (Wildman–Crippen MR) is 114 cm³/mol. The molecule has 1 atom stereocenters. The normalized spacial score (nSPS) is 14.0. The van der Waals surface area contributed by atoms with E-state index in [1.54, 1.807) is 0 Å². The summed E-state index contributed by atoms with van der Waals surface area (Å²) in [7, 11) is 0. The van der Waals surface area contributed by atoms with Crippen LogP contribution in [-0.4, -0.2) is 18.4 Å². The van der Waals surface area contributed by atoms with Gasteiger partial charge in [-0.25, -0.2) is 0 Å². The van der Waals surface area contributed by atoms with Crippen LogP contribution in [0.25, 0.3) is 10.8 Å². The lowest BCUT2D eigenvalue weighted by Crippen LogP contribution is -2.30. The highest BCUT2D eigenvalue weighted by Gasteiger charge is 2.26. The minimum Gasteiger partial charge on any atom is -0.365 e. The summed E-state index contributed by atoms with van der Waals surface area (Å²) in [6.07, 6.45) is 2.85. The number of aryl methyl sites for hydroxylation is 1. The average molecular weight is 394 g/mol. The number of hydrogen-bond donors (Lipinski definition) is 3. The van der Waals surface area contributed by atoms with Crippen molar-refractivity contribution < 1.29 is 9.59 Å². The topological polar surface area (TPSA) is 84.2 Å². The molecule has 28 heavy (non-hydrogen) atoms. The molecule has 144 valence electrons. The van der Waals surface area contributed by atoms with Gasteiger partial charge in [-0.05, 0) is 48.1 Å². The molecule has 1 aliphatic rings. The maximum Gasteiger partial charge on any atom is 0.251 e. The number of carbonyl (C=O) groups is 2. The molecule has 0 fully saturated rings. The molecule has 4 N–H and O–H groups in total. The van der Waals surface area contributed by atoms with Crippen LogP contribution in [0, 0.1) is 0 Å². The van der Waals surface area contributed by atoms with Crippen molar-refractivity contribution in [3.05, 3.63) is 64.0 Å². The van der Waals surface area contributed by atoms with Gasteiger partial charge in [0.2, 0.25) is 5.91 Å². The molecule has 2 amide bonds. The van der Waals surface area contributed by atoms with E-state index < -0.39 is 5.91 Å². The second kappa shape index (κ2) is 7.73. The van der Waals surface area contributed by atoms with Gasteiger partial charge in [-0.2, -0.15) is 0 Å². The Balaban J connectivity index is 1.44. The van der Waals surface area contributed by atoms with Crippen molar-refractivity contribution in [2.75, 3.05) is 11.9 Å². The van der Waals surface area contributed by atoms with Crippen molar-refractivity contribution in [1.82, 2.24) is 5.32 Å². The molecule has 2 aromatic carbocycles. The van der Waals surface area contributed by atoms with Gasteiger partial charge >= 0.3 is 0 Å². The molecule has 0 spiro atoms. The number of nitrogens with two attached hydrogens (primary N) is 1. The molecule has 0 saturated carbocycles. The van der Waals surface area contributed by atoms with Gasteiger partial charge in [0.25, 0.3) is 5.91 Å². The summed E-state index contributed by atoms with van der Waals surface area (Å²) in [6.45, 7) is 2.20. The van der Waals surface area contributed by atoms with Crippen LogP contribution in [0.1, 0.15) is 45.7 Å². The molecule has 1 heterocycles. The molecule has 1 aliphatic carbocycles. The van der Waals surface area contributed by atoms with Crippen molar-refractivity contribution in [1.29, 1.82) is 0 Å². The Bertz CT molecular complexity index is 1050. The number of anilines is 1. The largest absolute Gasteiger partial charge is 0.365 e. The molecule has 0 radical (unpaired) electrons. The second-order valence-corrected chi connectivity index (χ2v) is 8.25. The molecular weight excluding hydrogens is 370 g/mol. The highest BCUT2D eigenvalue weighted by Crippen LogP contribution is 2.38. The van der Waals surface area contributed by atoms with Gasteiger partial charge in [0, 0.05) is 10.9 Å². The van der Waals surface area contributed by atoms with Crippen LogP contribution in [0.2, 0.25) is 0 Å². The maximum atomic E-state index is 12.5. The van der Waals surface area contributed by atoms with Crippen molar-refractivity contribution in [2.45, 2.75) is 32.2 Å². The third kappa shape index (κ3) is 3.53. The zero-order chi connectivity index (χ0) is 19.7. The summed E-state index contributed by atoms with van der Waals surface area (Å²) < 4.78 is 0. The molecule has 0 unspecified atom stereocenters. The number of primary amides is 1. The number of hydrogen-bond acceptors (Lipinski definition) is 4. The predicted octanol–water partition coefficient (Wildman–Crippen LogP) is 3.78. The van der Waals surface area contributed by atoms with Crippen LogP contribution in [0.5, 0.6) is 0 Å². The van der Waals surface area contributed by atoms with E-state index in [2.05, 4.69) is 34.9 Å². The molecule has 0 bridgehead atoms. The Labute approximate surface area is 167 Å². The number of thiophene rings is 1. The van der Waals surface area contributed by atoms with Gasteiger partial charge in [0.15, 0.2) is 0 Å². The molecule has 4 rings (SSSR count). The van der Waals surface area contributed by atoms with Gasteiger partial charge in [0.1, 0.15) is 5.00 Å². The van der Waals surface area contributed by atoms with E-state index in [1.807, 2.05) is 25.1 Å². The van der Waals surface area contributed by atoms with E-state index >= 15 is 0 Å². The van der Waals surface area contributed by atoms with Crippen molar-refractivity contribution >= 4 is 38.9 Å². The van der Waals surface area contributed by atoms with E-state index in [9.17, 15) is 9.59 Å². The summed E-state index contributed by atoms with van der Waals surface area (Å²) in [4.78, 5) is 25.5. The van der Waals surface area contributed by atoms with Crippen molar-refractivity contribution in [3.8, 4) is 0 Å². The molecule has 3 aromatic rings. The number of carbonyl (C=O) groups excluding carboxylic acids is 2. The fraction of sp³-hybridized carbons (Fsp3) is 0.273. The minimum atomic E-state index is -0.466. The number of rotatable bonds is 6. The Morgan fingerprint density at radius 1 is 1.14 bits per heavy atom. The smallest absolute Gasteiger partial charge is 0.251 e. The first kappa shape index (κ1) is 18.7. The van der Waals surface area contributed by atoms with Gasteiger partial charge in [0.05, 0.1) is 12.1 Å². The first-order valence-electron chi connectivity index (χ1n) is 9.50. The second-order valence-electron chi connectivity index (χ2n) is 7.14. The van der Waals surface area contributed by atoms with E-state index in [1.165, 1.54) is 27.0 Å². The third-order valence-electron chi connectivity index (χ3n) is 5.28. The molecule has 6 heteroatoms. The Kier molecular flexibility index (Phi) is 5.15. The van der Waals surface area contributed by atoms with Crippen molar-refractivity contribution in [3.63, 3.8) is 0 Å². The third-order valence-corrected chi connectivity index (χ3v) is 6.49. The first-order chi connectivity index (χ1) is 13.5. The minimum absolute atomic E-state index is 0.0146. The Morgan fingerprint density at radius 3 is 2.75 bits per heavy atom. The lowest BCUT2D eigenvalue weighted by atomic mass is 10.00. The number of nitrogens with one attached hydrogen (secondary N) is 2. The van der Waals surface area contributed by atoms with Crippen molar-refractivity contribution in [2.24, 2.45) is 5.73 Å². The summed E-state index contributed by atoms with van der Waals surface area (Å²) in [5.41, 5.74) is 8.22. The van der Waals surface area contributed by atoms with Gasteiger partial charge < -0.3 is 16.4 Å². The Hall–Kier alpha value is -2.70. The average Bonchev–Trinajstić information content (AvgIpc) is 3.26. The first-order valence-corrected chi connectivity index (χ1v) is 10.3. The van der Waals surface area contributed by atoms with Crippen LogP contribution < -0.4 is 16.4 Å². The van der Waals surface area contributed by atoms with Crippen LogP contribution in [0.4, 0.5) is 5.00 Å². The summed E-state index contributed by atoms with van der Waals surface area (Å²) in [6, 6.07) is 14.4. The summed E-state index contributed by atoms with van der Waals surface area (Å²) >= 11 is 1.48. The molecule has 5 nitrogen and oxygen atoms in total. The lowest BCUT2D eigenvalue weighted by molar-refractivity contribution is -0.115. The van der Waals surface area contributed by atoms with Crippen LogP contribution in [0.3, 0.4) is 0 Å². The van der Waals surface area contributed by atoms with E-state index in [0.29, 0.717) is 10.6 Å². The quantitative estimate of drug-likeness (QED) is 0.596. The maximum absolute atomic E-state index is 12.5. The van der Waals surface area contributed by atoms with Crippen LogP contribution in [0.15, 0.2) is 42.5 Å². The zero-order valence-corrected chi connectivity index (χ0v) is 16.6. The standard InChI is InChI=1S/C22H23N3O2S/c1-13(15-9-4-7-14-6-2-3-8-16(14)15)24-12-19(26)25-22-20(21(23)27)17-10-5-11-18(17)28-22/h2-4,6-9,13,24H,5,10-12H2,1H3,(H2,23,27)(H,25,26)/t13-/m0/s1. The van der Waals surface area contributed by atoms with Gasteiger partial charge in [-0.1, -0.05) is 42.5 Å². The molecular formula is C22H23N3O2S. The van der Waals surface area contributed by atoms with Crippen LogP contribution >= 0.6 is 11.3 Å². The SMILES string of the molecule is C[C@H](NCC(=O)Nc1sc2c(c1C(N)=O)CCC2)c1cccc2ccccc12. The highest BCUT2D eigenvalue weighted by atomic mass is 32.1. The van der Waals surface area contributed by atoms with E-state index in [4.69, 9.17) is 5.73 Å². The highest BCUT2D eigenvalue weighted by molar-refractivity contribution is 7.17. The zero-order valence-electron chi connectivity index (χ0n) is 15.7. The number of fused-ring (bicyclic) bond motifs is 2. The van der Waals surface area contributed by atoms with E-state index in [0.717, 1.165) is 30.4 Å². The summed E-state index contributed by atoms with van der Waals surface area (Å²) in [5, 5.41) is 9.11. The fourth-order valence-corrected chi connectivity index (χ4v) is 5.22. The molecule has 1 aromatic heterocycles. The summed E-state index contributed by atoms with van der Waals surface area (Å²) in [5.74, 6) is -0.638. The van der Waals surface area contributed by atoms with Gasteiger partial charge in [-0.15, -0.1) is 11.3 Å². The number of amides is 2. The van der Waals surface area contributed by atoms with Crippen LogP contribution in [-0.2, 0) is 17.6 Å². The monoisotopic (exact) mass is 393 g/mol. The lowest BCUT2D eigenvalue weighted by Gasteiger charge is -2.16. The fourth-order valence-electron chi connectivity index (χ4n) is 3.91. The number of benzene rings is 2. The molecule has 0 aliphatic heterocycles. The van der Waals surface area contributed by atoms with E-state index in [-0.39, 0.29) is 18.5 Å². The Morgan fingerprint density at radius 2 is 1.93 bits per heavy atom. The molecule has 0 saturated heterocycles. The van der Waals surface area contributed by atoms with Gasteiger partial charge in [-0.3, -0.25) is 9.59 Å².